The first-order valence-corrected chi connectivity index (χ1v) is 10.5. The van der Waals surface area contributed by atoms with Crippen LogP contribution in [0.4, 0.5) is 0 Å². The summed E-state index contributed by atoms with van der Waals surface area (Å²) in [6, 6.07) is 4.31. The molecule has 0 amide bonds. The van der Waals surface area contributed by atoms with Crippen LogP contribution in [-0.4, -0.2) is 33.8 Å². The molecule has 0 aromatic carbocycles. The average molecular weight is 375 g/mol. The van der Waals surface area contributed by atoms with Gasteiger partial charge in [0.05, 0.1) is 0 Å². The van der Waals surface area contributed by atoms with Crippen molar-refractivity contribution in [2.75, 3.05) is 13.1 Å². The van der Waals surface area contributed by atoms with E-state index in [1.807, 2.05) is 0 Å². The molecule has 3 rings (SSSR count). The molecule has 142 valence electrons. The standard InChI is InChI=1S/C19H30N6S/c1-4-20-18(22-14-19(2,3)15-9-8-12-26-15)21-13-17-24-23-16-10-6-5-7-11-25(16)17/h8-9,12H,4-7,10-11,13-14H2,1-3H3,(H2,20,21,22). The Kier molecular flexibility index (Phi) is 6.29. The molecule has 6 nitrogen and oxygen atoms in total. The number of fused-ring (bicyclic) bond motifs is 1. The van der Waals surface area contributed by atoms with Gasteiger partial charge in [0.2, 0.25) is 0 Å². The van der Waals surface area contributed by atoms with E-state index in [4.69, 9.17) is 4.99 Å². The van der Waals surface area contributed by atoms with Crippen LogP contribution in [0.1, 0.15) is 56.6 Å². The van der Waals surface area contributed by atoms with E-state index >= 15 is 0 Å². The molecule has 0 atom stereocenters. The van der Waals surface area contributed by atoms with E-state index in [0.717, 1.165) is 43.7 Å². The van der Waals surface area contributed by atoms with Crippen molar-refractivity contribution in [1.29, 1.82) is 0 Å². The van der Waals surface area contributed by atoms with Crippen LogP contribution in [0.25, 0.3) is 0 Å². The average Bonchev–Trinajstić information content (AvgIpc) is 3.24. The van der Waals surface area contributed by atoms with Gasteiger partial charge in [0.15, 0.2) is 11.8 Å². The summed E-state index contributed by atoms with van der Waals surface area (Å²) in [6.45, 7) is 9.84. The molecule has 7 heteroatoms. The van der Waals surface area contributed by atoms with E-state index in [-0.39, 0.29) is 5.41 Å². The number of nitrogens with zero attached hydrogens (tertiary/aromatic N) is 4. The summed E-state index contributed by atoms with van der Waals surface area (Å²) in [5, 5.41) is 17.7. The van der Waals surface area contributed by atoms with Crippen molar-refractivity contribution >= 4 is 17.3 Å². The molecule has 0 aliphatic carbocycles. The molecule has 0 radical (unpaired) electrons. The Bertz CT molecular complexity index is 716. The predicted octanol–water partition coefficient (Wildman–Crippen LogP) is 3.10. The summed E-state index contributed by atoms with van der Waals surface area (Å²) >= 11 is 1.80. The molecule has 0 unspecified atom stereocenters. The minimum Gasteiger partial charge on any atom is -0.357 e. The molecule has 2 aromatic heterocycles. The van der Waals surface area contributed by atoms with Gasteiger partial charge in [-0.25, -0.2) is 4.99 Å². The highest BCUT2D eigenvalue weighted by molar-refractivity contribution is 7.10. The number of hydrogen-bond donors (Lipinski definition) is 2. The Morgan fingerprint density at radius 3 is 2.92 bits per heavy atom. The van der Waals surface area contributed by atoms with Crippen LogP contribution in [0.15, 0.2) is 22.5 Å². The van der Waals surface area contributed by atoms with E-state index in [0.29, 0.717) is 6.54 Å². The fraction of sp³-hybridized carbons (Fsp3) is 0.632. The van der Waals surface area contributed by atoms with Crippen LogP contribution in [-0.2, 0) is 24.9 Å². The maximum Gasteiger partial charge on any atom is 0.191 e. The Hall–Kier alpha value is -1.89. The summed E-state index contributed by atoms with van der Waals surface area (Å²) < 4.78 is 2.26. The van der Waals surface area contributed by atoms with Crippen molar-refractivity contribution in [3.8, 4) is 0 Å². The zero-order chi connectivity index (χ0) is 18.4. The largest absolute Gasteiger partial charge is 0.357 e. The van der Waals surface area contributed by atoms with Crippen LogP contribution in [0, 0.1) is 0 Å². The van der Waals surface area contributed by atoms with Crippen molar-refractivity contribution in [3.05, 3.63) is 34.0 Å². The molecule has 1 aliphatic heterocycles. The van der Waals surface area contributed by atoms with E-state index < -0.39 is 0 Å². The third-order valence-electron chi connectivity index (χ3n) is 4.79. The van der Waals surface area contributed by atoms with E-state index in [1.54, 1.807) is 11.3 Å². The summed E-state index contributed by atoms with van der Waals surface area (Å²) in [6.07, 6.45) is 4.72. The predicted molar refractivity (Wildman–Crippen MR) is 108 cm³/mol. The number of guanidine groups is 1. The number of aliphatic imine (C=N–C) groups is 1. The van der Waals surface area contributed by atoms with Gasteiger partial charge in [-0.2, -0.15) is 0 Å². The molecule has 2 N–H and O–H groups in total. The van der Waals surface area contributed by atoms with Crippen LogP contribution >= 0.6 is 11.3 Å². The molecular formula is C19H30N6S. The molecule has 0 spiro atoms. The lowest BCUT2D eigenvalue weighted by Gasteiger charge is -2.25. The molecule has 0 saturated carbocycles. The Morgan fingerprint density at radius 2 is 2.15 bits per heavy atom. The molecule has 2 aromatic rings. The maximum atomic E-state index is 4.75. The third kappa shape index (κ3) is 4.63. The highest BCUT2D eigenvalue weighted by atomic mass is 32.1. The Balaban J connectivity index is 1.65. The number of rotatable bonds is 6. The van der Waals surface area contributed by atoms with Crippen molar-refractivity contribution in [2.24, 2.45) is 4.99 Å². The van der Waals surface area contributed by atoms with Gasteiger partial charge in [0, 0.05) is 36.3 Å². The van der Waals surface area contributed by atoms with E-state index in [9.17, 15) is 0 Å². The second-order valence-corrected chi connectivity index (χ2v) is 8.35. The molecule has 1 aliphatic rings. The Labute approximate surface area is 160 Å². The second kappa shape index (κ2) is 8.66. The SMILES string of the molecule is CCNC(=NCc1nnc2n1CCCCC2)NCC(C)(C)c1cccs1. The molecule has 0 fully saturated rings. The van der Waals surface area contributed by atoms with E-state index in [1.165, 1.54) is 24.1 Å². The van der Waals surface area contributed by atoms with E-state index in [2.05, 4.69) is 63.7 Å². The lowest BCUT2D eigenvalue weighted by atomic mass is 9.91. The second-order valence-electron chi connectivity index (χ2n) is 7.40. The molecular weight excluding hydrogens is 344 g/mol. The zero-order valence-electron chi connectivity index (χ0n) is 16.1. The summed E-state index contributed by atoms with van der Waals surface area (Å²) in [7, 11) is 0. The van der Waals surface area contributed by atoms with Crippen molar-refractivity contribution in [1.82, 2.24) is 25.4 Å². The van der Waals surface area contributed by atoms with Crippen LogP contribution in [0.5, 0.6) is 0 Å². The van der Waals surface area contributed by atoms with Gasteiger partial charge in [0.25, 0.3) is 0 Å². The maximum absolute atomic E-state index is 4.75. The van der Waals surface area contributed by atoms with Gasteiger partial charge in [-0.1, -0.05) is 26.3 Å². The lowest BCUT2D eigenvalue weighted by Crippen LogP contribution is -2.43. The van der Waals surface area contributed by atoms with Crippen molar-refractivity contribution < 1.29 is 0 Å². The lowest BCUT2D eigenvalue weighted by molar-refractivity contribution is 0.518. The first-order valence-electron chi connectivity index (χ1n) is 9.57. The van der Waals surface area contributed by atoms with Crippen molar-refractivity contribution in [2.45, 2.75) is 65.0 Å². The first-order chi connectivity index (χ1) is 12.6. The highest BCUT2D eigenvalue weighted by Gasteiger charge is 2.22. The summed E-state index contributed by atoms with van der Waals surface area (Å²) in [5.41, 5.74) is 0.0658. The van der Waals surface area contributed by atoms with Crippen LogP contribution in [0.3, 0.4) is 0 Å². The number of nitrogens with one attached hydrogen (secondary N) is 2. The van der Waals surface area contributed by atoms with Gasteiger partial charge in [-0.05, 0) is 31.2 Å². The third-order valence-corrected chi connectivity index (χ3v) is 6.03. The van der Waals surface area contributed by atoms with Crippen LogP contribution < -0.4 is 10.6 Å². The monoisotopic (exact) mass is 374 g/mol. The normalized spacial score (nSPS) is 15.4. The van der Waals surface area contributed by atoms with Crippen molar-refractivity contribution in [3.63, 3.8) is 0 Å². The van der Waals surface area contributed by atoms with Gasteiger partial charge in [-0.15, -0.1) is 21.5 Å². The van der Waals surface area contributed by atoms with Gasteiger partial charge < -0.3 is 15.2 Å². The number of hydrogen-bond acceptors (Lipinski definition) is 4. The smallest absolute Gasteiger partial charge is 0.191 e. The molecule has 26 heavy (non-hydrogen) atoms. The number of thiophene rings is 1. The topological polar surface area (TPSA) is 67.1 Å². The fourth-order valence-electron chi connectivity index (χ4n) is 3.21. The Morgan fingerprint density at radius 1 is 1.27 bits per heavy atom. The highest BCUT2D eigenvalue weighted by Crippen LogP contribution is 2.26. The zero-order valence-corrected chi connectivity index (χ0v) is 16.9. The van der Waals surface area contributed by atoms with Crippen LogP contribution in [0.2, 0.25) is 0 Å². The fourth-order valence-corrected chi connectivity index (χ4v) is 4.06. The van der Waals surface area contributed by atoms with Gasteiger partial charge >= 0.3 is 0 Å². The minimum atomic E-state index is 0.0658. The number of aryl methyl sites for hydroxylation is 1. The molecule has 0 saturated heterocycles. The van der Waals surface area contributed by atoms with Gasteiger partial charge in [0.1, 0.15) is 12.4 Å². The minimum absolute atomic E-state index is 0.0658. The number of aromatic nitrogens is 3. The summed E-state index contributed by atoms with van der Waals surface area (Å²) in [4.78, 5) is 6.13. The summed E-state index contributed by atoms with van der Waals surface area (Å²) in [5.74, 6) is 2.92. The quantitative estimate of drug-likeness (QED) is 0.602. The first kappa shape index (κ1) is 18.9. The van der Waals surface area contributed by atoms with Gasteiger partial charge in [-0.3, -0.25) is 0 Å². The molecule has 3 heterocycles. The molecule has 0 bridgehead atoms.